The molecule has 0 aliphatic heterocycles. The van der Waals surface area contributed by atoms with Crippen LogP contribution in [0.2, 0.25) is 5.02 Å². The molecule has 2 rings (SSSR count). The third kappa shape index (κ3) is 3.09. The van der Waals surface area contributed by atoms with Gasteiger partial charge in [0.15, 0.2) is 11.6 Å². The number of ether oxygens (including phenoxy) is 1. The van der Waals surface area contributed by atoms with Gasteiger partial charge in [-0.15, -0.1) is 0 Å². The summed E-state index contributed by atoms with van der Waals surface area (Å²) in [5.41, 5.74) is 7.48. The number of hydrogen-bond acceptors (Lipinski definition) is 3. The van der Waals surface area contributed by atoms with Crippen molar-refractivity contribution < 1.29 is 9.13 Å². The van der Waals surface area contributed by atoms with Gasteiger partial charge >= 0.3 is 0 Å². The molecule has 0 saturated heterocycles. The van der Waals surface area contributed by atoms with Crippen LogP contribution in [0, 0.1) is 5.82 Å². The lowest BCUT2D eigenvalue weighted by Crippen LogP contribution is -1.99. The van der Waals surface area contributed by atoms with E-state index in [4.69, 9.17) is 22.1 Å². The molecule has 0 aliphatic rings. The van der Waals surface area contributed by atoms with Crippen molar-refractivity contribution >= 4 is 28.7 Å². The fraction of sp³-hybridized carbons (Fsp3) is 0.143. The van der Waals surface area contributed by atoms with Crippen molar-refractivity contribution in [3.8, 4) is 5.75 Å². The molecule has 3 N–H and O–H groups in total. The second kappa shape index (κ2) is 5.80. The first kappa shape index (κ1) is 13.5. The van der Waals surface area contributed by atoms with E-state index in [1.165, 1.54) is 6.07 Å². The quantitative estimate of drug-likeness (QED) is 0.825. The molecule has 0 amide bonds. The molecule has 0 unspecified atom stereocenters. The number of anilines is 3. The van der Waals surface area contributed by atoms with E-state index in [2.05, 4.69) is 5.32 Å². The molecule has 0 bridgehead atoms. The van der Waals surface area contributed by atoms with Crippen molar-refractivity contribution in [2.75, 3.05) is 17.7 Å². The largest absolute Gasteiger partial charge is 0.491 e. The summed E-state index contributed by atoms with van der Waals surface area (Å²) in [6.07, 6.45) is 0. The van der Waals surface area contributed by atoms with E-state index in [1.807, 2.05) is 0 Å². The Bertz CT molecular complexity index is 590. The standard InChI is InChI=1S/C14H14ClFN2O/c1-2-19-13-7-6-9(8-11(13)16)18-12-5-3-4-10(15)14(12)17/h3-8,18H,2,17H2,1H3. The molecule has 0 spiro atoms. The molecule has 0 aliphatic carbocycles. The van der Waals surface area contributed by atoms with Crippen molar-refractivity contribution in [2.24, 2.45) is 0 Å². The van der Waals surface area contributed by atoms with Crippen molar-refractivity contribution in [2.45, 2.75) is 6.92 Å². The lowest BCUT2D eigenvalue weighted by Gasteiger charge is -2.11. The Balaban J connectivity index is 2.24. The van der Waals surface area contributed by atoms with Crippen molar-refractivity contribution in [1.29, 1.82) is 0 Å². The van der Waals surface area contributed by atoms with Gasteiger partial charge in [0, 0.05) is 11.8 Å². The number of nitrogen functional groups attached to an aromatic ring is 1. The summed E-state index contributed by atoms with van der Waals surface area (Å²) in [6.45, 7) is 2.23. The number of nitrogens with one attached hydrogen (secondary N) is 1. The molecule has 5 heteroatoms. The third-order valence-corrected chi connectivity index (χ3v) is 2.89. The van der Waals surface area contributed by atoms with Crippen molar-refractivity contribution in [1.82, 2.24) is 0 Å². The highest BCUT2D eigenvalue weighted by atomic mass is 35.5. The Morgan fingerprint density at radius 3 is 2.79 bits per heavy atom. The number of benzene rings is 2. The Morgan fingerprint density at radius 1 is 1.32 bits per heavy atom. The summed E-state index contributed by atoms with van der Waals surface area (Å²) in [5.74, 6) is -0.195. The summed E-state index contributed by atoms with van der Waals surface area (Å²) in [7, 11) is 0. The van der Waals surface area contributed by atoms with Gasteiger partial charge in [0.1, 0.15) is 0 Å². The Hall–Kier alpha value is -1.94. The van der Waals surface area contributed by atoms with Crippen LogP contribution >= 0.6 is 11.6 Å². The minimum Gasteiger partial charge on any atom is -0.491 e. The van der Waals surface area contributed by atoms with Crippen LogP contribution in [0.3, 0.4) is 0 Å². The molecule has 0 fully saturated rings. The number of nitrogens with two attached hydrogens (primary N) is 1. The van der Waals surface area contributed by atoms with Crippen LogP contribution in [0.4, 0.5) is 21.5 Å². The first-order chi connectivity index (χ1) is 9.11. The zero-order chi connectivity index (χ0) is 13.8. The van der Waals surface area contributed by atoms with Crippen LogP contribution in [-0.2, 0) is 0 Å². The number of halogens is 2. The van der Waals surface area contributed by atoms with E-state index in [1.54, 1.807) is 37.3 Å². The second-order valence-electron chi connectivity index (χ2n) is 3.90. The molecule has 0 heterocycles. The SMILES string of the molecule is CCOc1ccc(Nc2cccc(Cl)c2N)cc1F. The van der Waals surface area contributed by atoms with Gasteiger partial charge in [0.05, 0.1) is 23.0 Å². The van der Waals surface area contributed by atoms with E-state index in [9.17, 15) is 4.39 Å². The van der Waals surface area contributed by atoms with Gasteiger partial charge in [-0.3, -0.25) is 0 Å². The molecule has 0 radical (unpaired) electrons. The average Bonchev–Trinajstić information content (AvgIpc) is 2.38. The Kier molecular flexibility index (Phi) is 4.12. The van der Waals surface area contributed by atoms with Crippen LogP contribution in [0.5, 0.6) is 5.75 Å². The zero-order valence-corrected chi connectivity index (χ0v) is 11.2. The maximum Gasteiger partial charge on any atom is 0.167 e. The Labute approximate surface area is 116 Å². The van der Waals surface area contributed by atoms with Gasteiger partial charge in [-0.05, 0) is 31.2 Å². The highest BCUT2D eigenvalue weighted by Crippen LogP contribution is 2.30. The summed E-state index contributed by atoms with van der Waals surface area (Å²) >= 11 is 5.92. The van der Waals surface area contributed by atoms with Crippen molar-refractivity contribution in [3.63, 3.8) is 0 Å². The van der Waals surface area contributed by atoms with Crippen LogP contribution in [0.25, 0.3) is 0 Å². The molecular formula is C14H14ClFN2O. The van der Waals surface area contributed by atoms with E-state index in [0.29, 0.717) is 28.7 Å². The lowest BCUT2D eigenvalue weighted by atomic mass is 10.2. The monoisotopic (exact) mass is 280 g/mol. The fourth-order valence-corrected chi connectivity index (χ4v) is 1.83. The summed E-state index contributed by atoms with van der Waals surface area (Å²) in [6, 6.07) is 9.88. The first-order valence-corrected chi connectivity index (χ1v) is 6.23. The fourth-order valence-electron chi connectivity index (χ4n) is 1.65. The molecular weight excluding hydrogens is 267 g/mol. The predicted octanol–water partition coefficient (Wildman–Crippen LogP) is 4.20. The third-order valence-electron chi connectivity index (χ3n) is 2.56. The second-order valence-corrected chi connectivity index (χ2v) is 4.31. The summed E-state index contributed by atoms with van der Waals surface area (Å²) in [4.78, 5) is 0. The van der Waals surface area contributed by atoms with Gasteiger partial charge in [0.25, 0.3) is 0 Å². The molecule has 0 atom stereocenters. The zero-order valence-electron chi connectivity index (χ0n) is 10.4. The number of hydrogen-bond donors (Lipinski definition) is 2. The van der Waals surface area contributed by atoms with Crippen LogP contribution in [-0.4, -0.2) is 6.61 Å². The van der Waals surface area contributed by atoms with Crippen molar-refractivity contribution in [3.05, 3.63) is 47.2 Å². The molecule has 19 heavy (non-hydrogen) atoms. The maximum atomic E-state index is 13.7. The minimum atomic E-state index is -0.424. The molecule has 0 saturated carbocycles. The van der Waals surface area contributed by atoms with Crippen LogP contribution in [0.15, 0.2) is 36.4 Å². The van der Waals surface area contributed by atoms with E-state index in [-0.39, 0.29) is 5.75 Å². The van der Waals surface area contributed by atoms with Gasteiger partial charge in [-0.1, -0.05) is 17.7 Å². The molecule has 100 valence electrons. The Morgan fingerprint density at radius 2 is 2.11 bits per heavy atom. The summed E-state index contributed by atoms with van der Waals surface area (Å²) in [5, 5.41) is 3.47. The maximum absolute atomic E-state index is 13.7. The highest BCUT2D eigenvalue weighted by molar-refractivity contribution is 6.33. The van der Waals surface area contributed by atoms with E-state index in [0.717, 1.165) is 0 Å². The minimum absolute atomic E-state index is 0.229. The van der Waals surface area contributed by atoms with Gasteiger partial charge in [-0.25, -0.2) is 4.39 Å². The highest BCUT2D eigenvalue weighted by Gasteiger charge is 2.07. The van der Waals surface area contributed by atoms with Crippen LogP contribution < -0.4 is 15.8 Å². The number of rotatable bonds is 4. The van der Waals surface area contributed by atoms with Crippen LogP contribution in [0.1, 0.15) is 6.92 Å². The van der Waals surface area contributed by atoms with Gasteiger partial charge < -0.3 is 15.8 Å². The molecule has 0 aromatic heterocycles. The molecule has 2 aromatic carbocycles. The molecule has 2 aromatic rings. The number of para-hydroxylation sites is 1. The van der Waals surface area contributed by atoms with E-state index >= 15 is 0 Å². The van der Waals surface area contributed by atoms with Gasteiger partial charge in [0.2, 0.25) is 0 Å². The smallest absolute Gasteiger partial charge is 0.167 e. The first-order valence-electron chi connectivity index (χ1n) is 5.85. The topological polar surface area (TPSA) is 47.3 Å². The van der Waals surface area contributed by atoms with Gasteiger partial charge in [-0.2, -0.15) is 0 Å². The summed E-state index contributed by atoms with van der Waals surface area (Å²) < 4.78 is 18.8. The lowest BCUT2D eigenvalue weighted by molar-refractivity contribution is 0.321. The van der Waals surface area contributed by atoms with E-state index < -0.39 is 5.82 Å². The predicted molar refractivity (Wildman–Crippen MR) is 76.7 cm³/mol. The molecule has 3 nitrogen and oxygen atoms in total. The average molecular weight is 281 g/mol. The normalized spacial score (nSPS) is 10.3.